The molecule has 0 unspecified atom stereocenters. The first-order valence-electron chi connectivity index (χ1n) is 10.3. The van der Waals surface area contributed by atoms with Gasteiger partial charge in [-0.05, 0) is 72.3 Å². The second kappa shape index (κ2) is 10.1. The van der Waals surface area contributed by atoms with Crippen molar-refractivity contribution < 1.29 is 29.0 Å². The van der Waals surface area contributed by atoms with Gasteiger partial charge in [0.25, 0.3) is 17.7 Å². The fourth-order valence-corrected chi connectivity index (χ4v) is 3.36. The third kappa shape index (κ3) is 5.66. The summed E-state index contributed by atoms with van der Waals surface area (Å²) < 4.78 is 5.52. The third-order valence-corrected chi connectivity index (χ3v) is 5.13. The lowest BCUT2D eigenvalue weighted by molar-refractivity contribution is -0.122. The van der Waals surface area contributed by atoms with E-state index in [0.29, 0.717) is 22.0 Å². The third-order valence-electron chi connectivity index (χ3n) is 4.88. The predicted molar refractivity (Wildman–Crippen MR) is 129 cm³/mol. The van der Waals surface area contributed by atoms with Gasteiger partial charge in [0.1, 0.15) is 17.1 Å². The number of nitrogens with one attached hydrogen (secondary N) is 2. The molecule has 4 rings (SSSR count). The van der Waals surface area contributed by atoms with Crippen molar-refractivity contribution in [3.63, 3.8) is 0 Å². The van der Waals surface area contributed by atoms with Crippen molar-refractivity contribution in [2.24, 2.45) is 0 Å². The van der Waals surface area contributed by atoms with Gasteiger partial charge in [-0.3, -0.25) is 19.7 Å². The van der Waals surface area contributed by atoms with Crippen LogP contribution in [0.25, 0.3) is 6.08 Å². The number of carbonyl (C=O) groups excluding carboxylic acids is 4. The molecule has 1 aliphatic heterocycles. The number of imide groups is 2. The van der Waals surface area contributed by atoms with Crippen molar-refractivity contribution in [2.45, 2.75) is 0 Å². The molecular formula is C25H18ClN3O6. The highest BCUT2D eigenvalue weighted by Gasteiger charge is 2.36. The number of phenols is 1. The van der Waals surface area contributed by atoms with Gasteiger partial charge in [-0.25, -0.2) is 9.69 Å². The number of ether oxygens (including phenoxy) is 1. The van der Waals surface area contributed by atoms with E-state index in [2.05, 4.69) is 10.6 Å². The summed E-state index contributed by atoms with van der Waals surface area (Å²) in [6.07, 6.45) is 1.32. The Kier molecular flexibility index (Phi) is 6.79. The summed E-state index contributed by atoms with van der Waals surface area (Å²) in [6, 6.07) is 17.5. The first-order chi connectivity index (χ1) is 16.8. The lowest BCUT2D eigenvalue weighted by atomic mass is 10.1. The number of benzene rings is 3. The Morgan fingerprint density at radius 3 is 2.46 bits per heavy atom. The van der Waals surface area contributed by atoms with E-state index in [9.17, 15) is 24.3 Å². The van der Waals surface area contributed by atoms with E-state index in [4.69, 9.17) is 16.3 Å². The number of nitrogens with zero attached hydrogens (tertiary/aromatic N) is 1. The van der Waals surface area contributed by atoms with Gasteiger partial charge in [-0.1, -0.05) is 23.7 Å². The van der Waals surface area contributed by atoms with Crippen molar-refractivity contribution in [1.29, 1.82) is 0 Å². The van der Waals surface area contributed by atoms with Gasteiger partial charge in [-0.15, -0.1) is 0 Å². The molecule has 3 aromatic rings. The standard InChI is InChI=1S/C25H18ClN3O6/c26-16-4-6-17(7-5-16)27-22(31)14-35-20-3-1-2-15(12-20)13-21-23(32)28-25(34)29(24(21)33)18-8-10-19(30)11-9-18/h1-13,30H,14H2,(H,27,31)(H,28,32,34)/b21-13-. The molecular weight excluding hydrogens is 474 g/mol. The number of barbiturate groups is 1. The Balaban J connectivity index is 1.47. The number of phenolic OH excluding ortho intramolecular Hbond substituents is 1. The zero-order valence-electron chi connectivity index (χ0n) is 18.0. The van der Waals surface area contributed by atoms with Gasteiger partial charge in [0.2, 0.25) is 0 Å². The molecule has 1 aliphatic rings. The van der Waals surface area contributed by atoms with Crippen LogP contribution < -0.4 is 20.3 Å². The van der Waals surface area contributed by atoms with E-state index < -0.39 is 17.8 Å². The topological polar surface area (TPSA) is 125 Å². The van der Waals surface area contributed by atoms with Crippen molar-refractivity contribution in [3.05, 3.63) is 89.0 Å². The maximum absolute atomic E-state index is 13.0. The van der Waals surface area contributed by atoms with Crippen LogP contribution in [-0.2, 0) is 14.4 Å². The van der Waals surface area contributed by atoms with Gasteiger partial charge < -0.3 is 15.2 Å². The summed E-state index contributed by atoms with van der Waals surface area (Å²) in [5.74, 6) is -1.76. The zero-order chi connectivity index (χ0) is 24.9. The minimum Gasteiger partial charge on any atom is -0.508 e. The fraction of sp³-hybridized carbons (Fsp3) is 0.0400. The van der Waals surface area contributed by atoms with Crippen LogP contribution in [0.4, 0.5) is 16.2 Å². The van der Waals surface area contributed by atoms with Crippen molar-refractivity contribution in [2.75, 3.05) is 16.8 Å². The van der Waals surface area contributed by atoms with Gasteiger partial charge in [-0.2, -0.15) is 0 Å². The van der Waals surface area contributed by atoms with Crippen molar-refractivity contribution in [3.8, 4) is 11.5 Å². The van der Waals surface area contributed by atoms with Gasteiger partial charge in [0.15, 0.2) is 6.61 Å². The molecule has 0 atom stereocenters. The number of anilines is 2. The predicted octanol–water partition coefficient (Wildman–Crippen LogP) is 3.73. The Hall–Kier alpha value is -4.63. The highest BCUT2D eigenvalue weighted by Crippen LogP contribution is 2.24. The maximum Gasteiger partial charge on any atom is 0.335 e. The Labute approximate surface area is 204 Å². The Morgan fingerprint density at radius 1 is 1.03 bits per heavy atom. The molecule has 35 heavy (non-hydrogen) atoms. The summed E-state index contributed by atoms with van der Waals surface area (Å²) in [5.41, 5.74) is 0.929. The minimum absolute atomic E-state index is 0.0379. The molecule has 3 aromatic carbocycles. The lowest BCUT2D eigenvalue weighted by Gasteiger charge is -2.26. The van der Waals surface area contributed by atoms with E-state index >= 15 is 0 Å². The molecule has 9 nitrogen and oxygen atoms in total. The number of hydrogen-bond donors (Lipinski definition) is 3. The van der Waals surface area contributed by atoms with E-state index in [0.717, 1.165) is 4.90 Å². The second-order valence-electron chi connectivity index (χ2n) is 7.39. The largest absolute Gasteiger partial charge is 0.508 e. The molecule has 1 saturated heterocycles. The average Bonchev–Trinajstić information content (AvgIpc) is 2.83. The molecule has 1 fully saturated rings. The van der Waals surface area contributed by atoms with Crippen LogP contribution in [0, 0.1) is 0 Å². The van der Waals surface area contributed by atoms with Gasteiger partial charge >= 0.3 is 6.03 Å². The van der Waals surface area contributed by atoms with Crippen LogP contribution in [0.2, 0.25) is 5.02 Å². The Morgan fingerprint density at radius 2 is 1.74 bits per heavy atom. The summed E-state index contributed by atoms with van der Waals surface area (Å²) in [7, 11) is 0. The van der Waals surface area contributed by atoms with Crippen LogP contribution in [0.3, 0.4) is 0 Å². The molecule has 0 saturated carbocycles. The monoisotopic (exact) mass is 491 g/mol. The molecule has 0 spiro atoms. The average molecular weight is 492 g/mol. The molecule has 1 heterocycles. The smallest absolute Gasteiger partial charge is 0.335 e. The number of rotatable bonds is 6. The van der Waals surface area contributed by atoms with Gasteiger partial charge in [0, 0.05) is 10.7 Å². The number of carbonyl (C=O) groups is 4. The quantitative estimate of drug-likeness (QED) is 0.356. The van der Waals surface area contributed by atoms with Crippen LogP contribution in [0.5, 0.6) is 11.5 Å². The van der Waals surface area contributed by atoms with Crippen LogP contribution in [-0.4, -0.2) is 35.5 Å². The summed E-state index contributed by atoms with van der Waals surface area (Å²) in [6.45, 7) is -0.273. The van der Waals surface area contributed by atoms with Crippen LogP contribution in [0.1, 0.15) is 5.56 Å². The first-order valence-corrected chi connectivity index (χ1v) is 10.7. The molecule has 0 bridgehead atoms. The highest BCUT2D eigenvalue weighted by atomic mass is 35.5. The normalized spacial score (nSPS) is 14.6. The number of urea groups is 1. The molecule has 0 radical (unpaired) electrons. The SMILES string of the molecule is O=C(COc1cccc(/C=C2/C(=O)NC(=O)N(c3ccc(O)cc3)C2=O)c1)Nc1ccc(Cl)cc1. The van der Waals surface area contributed by atoms with E-state index in [-0.39, 0.29) is 29.5 Å². The van der Waals surface area contributed by atoms with Gasteiger partial charge in [0.05, 0.1) is 5.69 Å². The number of hydrogen-bond acceptors (Lipinski definition) is 6. The minimum atomic E-state index is -0.897. The summed E-state index contributed by atoms with van der Waals surface area (Å²) >= 11 is 5.83. The molecule has 10 heteroatoms. The number of halogens is 1. The first kappa shape index (κ1) is 23.5. The van der Waals surface area contributed by atoms with E-state index in [1.807, 2.05) is 0 Å². The van der Waals surface area contributed by atoms with E-state index in [1.54, 1.807) is 48.5 Å². The second-order valence-corrected chi connectivity index (χ2v) is 7.83. The number of amides is 5. The zero-order valence-corrected chi connectivity index (χ0v) is 18.8. The molecule has 0 aromatic heterocycles. The highest BCUT2D eigenvalue weighted by molar-refractivity contribution is 6.39. The van der Waals surface area contributed by atoms with E-state index in [1.165, 1.54) is 30.3 Å². The maximum atomic E-state index is 13.0. The molecule has 176 valence electrons. The molecule has 3 N–H and O–H groups in total. The van der Waals surface area contributed by atoms with Crippen molar-refractivity contribution in [1.82, 2.24) is 5.32 Å². The summed E-state index contributed by atoms with van der Waals surface area (Å²) in [5, 5.41) is 14.8. The molecule has 0 aliphatic carbocycles. The molecule has 5 amide bonds. The number of aromatic hydroxyl groups is 1. The van der Waals surface area contributed by atoms with Crippen molar-refractivity contribution >= 4 is 52.8 Å². The Bertz CT molecular complexity index is 1340. The van der Waals surface area contributed by atoms with Crippen LogP contribution in [0.15, 0.2) is 78.4 Å². The summed E-state index contributed by atoms with van der Waals surface area (Å²) in [4.78, 5) is 50.5. The van der Waals surface area contributed by atoms with Crippen LogP contribution >= 0.6 is 11.6 Å². The lowest BCUT2D eigenvalue weighted by Crippen LogP contribution is -2.54. The fourth-order valence-electron chi connectivity index (χ4n) is 3.23.